The van der Waals surface area contributed by atoms with Gasteiger partial charge in [-0.05, 0) is 36.8 Å². The van der Waals surface area contributed by atoms with E-state index in [1.807, 2.05) is 24.3 Å². The highest BCUT2D eigenvalue weighted by Gasteiger charge is 2.01. The molecule has 0 aliphatic rings. The largest absolute Gasteiger partial charge is 0.366 e. The topological polar surface area (TPSA) is 73.6 Å². The first-order chi connectivity index (χ1) is 11.7. The lowest BCUT2D eigenvalue weighted by Gasteiger charge is -2.09. The molecule has 0 fully saturated rings. The SMILES string of the molecule is Cc1cccc(CNc2cc(Nc3ccc(C#N)cc3)ncn2)c1. The highest BCUT2D eigenvalue weighted by molar-refractivity contribution is 5.59. The minimum absolute atomic E-state index is 0.628. The predicted molar refractivity (Wildman–Crippen MR) is 95.0 cm³/mol. The second-order valence-corrected chi connectivity index (χ2v) is 5.45. The van der Waals surface area contributed by atoms with Crippen molar-refractivity contribution in [1.29, 1.82) is 5.26 Å². The second kappa shape index (κ2) is 7.25. The van der Waals surface area contributed by atoms with E-state index in [1.54, 1.807) is 12.1 Å². The third kappa shape index (κ3) is 4.08. The van der Waals surface area contributed by atoms with Gasteiger partial charge in [-0.3, -0.25) is 0 Å². The van der Waals surface area contributed by atoms with Gasteiger partial charge < -0.3 is 10.6 Å². The van der Waals surface area contributed by atoms with E-state index in [1.165, 1.54) is 17.5 Å². The predicted octanol–water partition coefficient (Wildman–Crippen LogP) is 4.01. The number of aromatic nitrogens is 2. The maximum atomic E-state index is 8.83. The minimum Gasteiger partial charge on any atom is -0.366 e. The molecule has 0 aliphatic heterocycles. The van der Waals surface area contributed by atoms with Crippen LogP contribution in [0.15, 0.2) is 60.9 Å². The van der Waals surface area contributed by atoms with Crippen LogP contribution in [0.4, 0.5) is 17.3 Å². The minimum atomic E-state index is 0.628. The lowest BCUT2D eigenvalue weighted by Crippen LogP contribution is -2.03. The number of nitriles is 1. The van der Waals surface area contributed by atoms with E-state index in [9.17, 15) is 0 Å². The molecule has 0 unspecified atom stereocenters. The number of rotatable bonds is 5. The van der Waals surface area contributed by atoms with Crippen molar-refractivity contribution >= 4 is 17.3 Å². The van der Waals surface area contributed by atoms with Gasteiger partial charge in [0.05, 0.1) is 11.6 Å². The molecule has 5 nitrogen and oxygen atoms in total. The zero-order valence-electron chi connectivity index (χ0n) is 13.3. The first-order valence-electron chi connectivity index (χ1n) is 7.61. The third-order valence-corrected chi connectivity index (χ3v) is 3.51. The van der Waals surface area contributed by atoms with Crippen LogP contribution in [0.3, 0.4) is 0 Å². The molecule has 0 saturated heterocycles. The van der Waals surface area contributed by atoms with Crippen molar-refractivity contribution in [2.75, 3.05) is 10.6 Å². The monoisotopic (exact) mass is 315 g/mol. The first-order valence-corrected chi connectivity index (χ1v) is 7.61. The van der Waals surface area contributed by atoms with E-state index in [2.05, 4.69) is 51.8 Å². The smallest absolute Gasteiger partial charge is 0.135 e. The highest BCUT2D eigenvalue weighted by atomic mass is 15.1. The number of nitrogens with one attached hydrogen (secondary N) is 2. The summed E-state index contributed by atoms with van der Waals surface area (Å²) in [6, 6.07) is 19.5. The van der Waals surface area contributed by atoms with Gasteiger partial charge in [-0.25, -0.2) is 9.97 Å². The van der Waals surface area contributed by atoms with Crippen molar-refractivity contribution in [2.45, 2.75) is 13.5 Å². The fraction of sp³-hybridized carbons (Fsp3) is 0.105. The van der Waals surface area contributed by atoms with E-state index >= 15 is 0 Å². The molecule has 1 aromatic heterocycles. The molecule has 5 heteroatoms. The van der Waals surface area contributed by atoms with Gasteiger partial charge in [0, 0.05) is 18.3 Å². The molecule has 0 atom stereocenters. The summed E-state index contributed by atoms with van der Waals surface area (Å²) < 4.78 is 0. The molecule has 118 valence electrons. The molecule has 0 saturated carbocycles. The Morgan fingerprint density at radius 1 is 1.00 bits per heavy atom. The molecule has 2 N–H and O–H groups in total. The standard InChI is InChI=1S/C19H17N5/c1-14-3-2-4-16(9-14)12-21-18-10-19(23-13-22-18)24-17-7-5-15(11-20)6-8-17/h2-10,13H,12H2,1H3,(H2,21,22,23,24). The maximum absolute atomic E-state index is 8.83. The summed E-state index contributed by atoms with van der Waals surface area (Å²) in [6.45, 7) is 2.78. The van der Waals surface area contributed by atoms with Crippen LogP contribution in [0.1, 0.15) is 16.7 Å². The summed E-state index contributed by atoms with van der Waals surface area (Å²) in [4.78, 5) is 8.46. The number of aryl methyl sites for hydroxylation is 1. The molecule has 0 radical (unpaired) electrons. The Bertz CT molecular complexity index is 865. The molecule has 24 heavy (non-hydrogen) atoms. The number of hydrogen-bond acceptors (Lipinski definition) is 5. The highest BCUT2D eigenvalue weighted by Crippen LogP contribution is 2.17. The van der Waals surface area contributed by atoms with Crippen LogP contribution in [0.25, 0.3) is 0 Å². The molecule has 1 heterocycles. The summed E-state index contributed by atoms with van der Waals surface area (Å²) in [6.07, 6.45) is 1.52. The molecule has 2 aromatic carbocycles. The van der Waals surface area contributed by atoms with Gasteiger partial charge in [0.25, 0.3) is 0 Å². The quantitative estimate of drug-likeness (QED) is 0.744. The fourth-order valence-electron chi connectivity index (χ4n) is 2.31. The van der Waals surface area contributed by atoms with Gasteiger partial charge in [-0.15, -0.1) is 0 Å². The Morgan fingerprint density at radius 2 is 1.79 bits per heavy atom. The fourth-order valence-corrected chi connectivity index (χ4v) is 2.31. The number of anilines is 3. The van der Waals surface area contributed by atoms with Gasteiger partial charge >= 0.3 is 0 Å². The van der Waals surface area contributed by atoms with Gasteiger partial charge in [-0.1, -0.05) is 29.8 Å². The zero-order chi connectivity index (χ0) is 16.8. The van der Waals surface area contributed by atoms with E-state index in [4.69, 9.17) is 5.26 Å². The van der Waals surface area contributed by atoms with Crippen LogP contribution in [0.2, 0.25) is 0 Å². The maximum Gasteiger partial charge on any atom is 0.135 e. The van der Waals surface area contributed by atoms with Gasteiger partial charge in [0.2, 0.25) is 0 Å². The molecule has 0 amide bonds. The summed E-state index contributed by atoms with van der Waals surface area (Å²) in [5.74, 6) is 1.45. The molecule has 0 spiro atoms. The average Bonchev–Trinajstić information content (AvgIpc) is 2.61. The Morgan fingerprint density at radius 3 is 2.54 bits per heavy atom. The van der Waals surface area contributed by atoms with Crippen LogP contribution in [0.5, 0.6) is 0 Å². The van der Waals surface area contributed by atoms with E-state index in [0.717, 1.165) is 11.5 Å². The molecule has 0 bridgehead atoms. The normalized spacial score (nSPS) is 10.0. The van der Waals surface area contributed by atoms with Crippen molar-refractivity contribution in [3.8, 4) is 6.07 Å². The first kappa shape index (κ1) is 15.5. The van der Waals surface area contributed by atoms with E-state index in [-0.39, 0.29) is 0 Å². The van der Waals surface area contributed by atoms with Gasteiger partial charge in [0.15, 0.2) is 0 Å². The lowest BCUT2D eigenvalue weighted by atomic mass is 10.1. The Hall–Kier alpha value is -3.39. The molecule has 3 rings (SSSR count). The summed E-state index contributed by atoms with van der Waals surface area (Å²) in [5.41, 5.74) is 3.94. The average molecular weight is 315 g/mol. The summed E-state index contributed by atoms with van der Waals surface area (Å²) in [7, 11) is 0. The number of hydrogen-bond donors (Lipinski definition) is 2. The lowest BCUT2D eigenvalue weighted by molar-refractivity contribution is 1.08. The Labute approximate surface area is 141 Å². The van der Waals surface area contributed by atoms with Crippen LogP contribution in [0, 0.1) is 18.3 Å². The second-order valence-electron chi connectivity index (χ2n) is 5.45. The molecular weight excluding hydrogens is 298 g/mol. The van der Waals surface area contributed by atoms with Crippen LogP contribution >= 0.6 is 0 Å². The molecule has 0 aliphatic carbocycles. The van der Waals surface area contributed by atoms with Crippen molar-refractivity contribution in [1.82, 2.24) is 9.97 Å². The zero-order valence-corrected chi connectivity index (χ0v) is 13.3. The van der Waals surface area contributed by atoms with Crippen molar-refractivity contribution in [2.24, 2.45) is 0 Å². The van der Waals surface area contributed by atoms with Crippen LogP contribution < -0.4 is 10.6 Å². The van der Waals surface area contributed by atoms with E-state index < -0.39 is 0 Å². The van der Waals surface area contributed by atoms with E-state index in [0.29, 0.717) is 17.9 Å². The number of nitrogens with zero attached hydrogens (tertiary/aromatic N) is 3. The van der Waals surface area contributed by atoms with Crippen molar-refractivity contribution in [3.05, 3.63) is 77.6 Å². The third-order valence-electron chi connectivity index (χ3n) is 3.51. The van der Waals surface area contributed by atoms with Gasteiger partial charge in [0.1, 0.15) is 18.0 Å². The Kier molecular flexibility index (Phi) is 4.68. The molecule has 3 aromatic rings. The van der Waals surface area contributed by atoms with Crippen LogP contribution in [-0.4, -0.2) is 9.97 Å². The molecular formula is C19H17N5. The van der Waals surface area contributed by atoms with Gasteiger partial charge in [-0.2, -0.15) is 5.26 Å². The number of benzene rings is 2. The van der Waals surface area contributed by atoms with Crippen molar-refractivity contribution < 1.29 is 0 Å². The summed E-state index contributed by atoms with van der Waals surface area (Å²) >= 11 is 0. The van der Waals surface area contributed by atoms with Crippen LogP contribution in [-0.2, 0) is 6.54 Å². The summed E-state index contributed by atoms with van der Waals surface area (Å²) in [5, 5.41) is 15.3. The Balaban J connectivity index is 1.66. The van der Waals surface area contributed by atoms with Crippen molar-refractivity contribution in [3.63, 3.8) is 0 Å².